The van der Waals surface area contributed by atoms with E-state index in [1.54, 1.807) is 12.1 Å². The molecule has 154 valence electrons. The van der Waals surface area contributed by atoms with Crippen molar-refractivity contribution in [1.82, 2.24) is 4.90 Å². The van der Waals surface area contributed by atoms with Crippen molar-refractivity contribution in [3.8, 4) is 5.75 Å². The van der Waals surface area contributed by atoms with Crippen LogP contribution < -0.4 is 4.74 Å². The van der Waals surface area contributed by atoms with Crippen LogP contribution in [-0.2, 0) is 9.59 Å². The van der Waals surface area contributed by atoms with Gasteiger partial charge in [0.15, 0.2) is 11.6 Å². The number of rotatable bonds is 5. The Hall–Kier alpha value is -3.19. The van der Waals surface area contributed by atoms with E-state index in [1.165, 1.54) is 11.6 Å². The molecule has 1 heterocycles. The lowest BCUT2D eigenvalue weighted by atomic mass is 9.88. The number of piperidine rings is 1. The number of ether oxygens (including phenoxy) is 1. The average molecular weight is 401 g/mol. The minimum atomic E-state index is -1.26. The fourth-order valence-corrected chi connectivity index (χ4v) is 3.10. The van der Waals surface area contributed by atoms with E-state index in [0.29, 0.717) is 17.9 Å². The lowest BCUT2D eigenvalue weighted by Crippen LogP contribution is -2.42. The Labute approximate surface area is 168 Å². The monoisotopic (exact) mass is 401 g/mol. The van der Waals surface area contributed by atoms with Gasteiger partial charge in [-0.3, -0.25) is 0 Å². The summed E-state index contributed by atoms with van der Waals surface area (Å²) in [6.45, 7) is 1.91. The molecule has 2 atom stereocenters. The van der Waals surface area contributed by atoms with Crippen LogP contribution in [-0.4, -0.2) is 53.3 Å². The van der Waals surface area contributed by atoms with Gasteiger partial charge in [0.25, 0.3) is 0 Å². The third-order valence-corrected chi connectivity index (χ3v) is 4.46. The van der Waals surface area contributed by atoms with Crippen LogP contribution in [0.25, 0.3) is 0 Å². The number of para-hydroxylation sites is 1. The Morgan fingerprint density at radius 3 is 2.21 bits per heavy atom. The molecule has 1 aliphatic heterocycles. The summed E-state index contributed by atoms with van der Waals surface area (Å²) in [6, 6.07) is 17.0. The lowest BCUT2D eigenvalue weighted by Gasteiger charge is -2.37. The summed E-state index contributed by atoms with van der Waals surface area (Å²) < 4.78 is 19.8. The summed E-state index contributed by atoms with van der Waals surface area (Å²) in [6.07, 6.45) is 2.04. The first-order valence-electron chi connectivity index (χ1n) is 9.15. The number of halogens is 1. The molecule has 1 aliphatic rings. The third kappa shape index (κ3) is 7.38. The molecule has 0 unspecified atom stereocenters. The number of benzene rings is 2. The van der Waals surface area contributed by atoms with Crippen LogP contribution in [0.1, 0.15) is 17.9 Å². The van der Waals surface area contributed by atoms with Crippen molar-refractivity contribution in [2.45, 2.75) is 18.4 Å². The fraction of sp³-hybridized carbons (Fsp3) is 0.273. The molecule has 0 spiro atoms. The molecule has 2 aromatic carbocycles. The summed E-state index contributed by atoms with van der Waals surface area (Å²) in [7, 11) is 2.12. The number of carboxylic acids is 2. The highest BCUT2D eigenvalue weighted by atomic mass is 19.1. The second kappa shape index (κ2) is 11.0. The van der Waals surface area contributed by atoms with E-state index in [0.717, 1.165) is 19.5 Å². The molecule has 1 saturated heterocycles. The smallest absolute Gasteiger partial charge is 0.328 e. The molecule has 0 aromatic heterocycles. The first-order valence-corrected chi connectivity index (χ1v) is 9.15. The first-order chi connectivity index (χ1) is 13.9. The first kappa shape index (κ1) is 22.1. The van der Waals surface area contributed by atoms with E-state index in [1.807, 2.05) is 24.3 Å². The van der Waals surface area contributed by atoms with E-state index in [-0.39, 0.29) is 17.8 Å². The number of carbonyl (C=O) groups is 2. The summed E-state index contributed by atoms with van der Waals surface area (Å²) in [5.41, 5.74) is 1.25. The second-order valence-electron chi connectivity index (χ2n) is 6.66. The van der Waals surface area contributed by atoms with Crippen molar-refractivity contribution in [2.24, 2.45) is 0 Å². The normalized spacial score (nSPS) is 19.2. The molecule has 1 fully saturated rings. The Morgan fingerprint density at radius 1 is 1.03 bits per heavy atom. The van der Waals surface area contributed by atoms with Crippen LogP contribution in [0.3, 0.4) is 0 Å². The third-order valence-electron chi connectivity index (χ3n) is 4.46. The van der Waals surface area contributed by atoms with Crippen LogP contribution in [0.2, 0.25) is 0 Å². The van der Waals surface area contributed by atoms with Gasteiger partial charge in [-0.25, -0.2) is 14.0 Å². The maximum atomic E-state index is 13.8. The molecule has 0 bridgehead atoms. The molecule has 2 N–H and O–H groups in total. The molecule has 3 rings (SSSR count). The molecule has 29 heavy (non-hydrogen) atoms. The Kier molecular flexibility index (Phi) is 8.36. The number of aliphatic carboxylic acids is 2. The molecule has 0 amide bonds. The number of carboxylic acid groups (broad SMARTS) is 2. The van der Waals surface area contributed by atoms with Gasteiger partial charge in [-0.05, 0) is 31.2 Å². The predicted octanol–water partition coefficient (Wildman–Crippen LogP) is 3.40. The summed E-state index contributed by atoms with van der Waals surface area (Å²) in [5.74, 6) is -2.18. The van der Waals surface area contributed by atoms with Gasteiger partial charge in [-0.1, -0.05) is 42.5 Å². The van der Waals surface area contributed by atoms with Crippen molar-refractivity contribution in [3.05, 3.63) is 78.1 Å². The number of nitrogens with zero attached hydrogens (tertiary/aromatic N) is 1. The van der Waals surface area contributed by atoms with Gasteiger partial charge < -0.3 is 19.8 Å². The topological polar surface area (TPSA) is 87.1 Å². The molecule has 0 radical (unpaired) electrons. The van der Waals surface area contributed by atoms with Crippen LogP contribution in [0, 0.1) is 5.82 Å². The van der Waals surface area contributed by atoms with Gasteiger partial charge in [0.2, 0.25) is 0 Å². The standard InChI is InChI=1S/C18H20FNO.C4H4O4/c1-20-12-11-17(21-18-10-6-5-9-16(18)19)15(13-20)14-7-3-2-4-8-14;5-3(6)1-2-4(7)8/h2-10,15,17H,11-13H2,1H3;1-2H,(H,5,6)(H,7,8)/b;2-1+/t15-,17-;/m0./s1. The Balaban J connectivity index is 0.000000321. The summed E-state index contributed by atoms with van der Waals surface area (Å²) in [4.78, 5) is 21.4. The fourth-order valence-electron chi connectivity index (χ4n) is 3.10. The van der Waals surface area contributed by atoms with Crippen molar-refractivity contribution < 1.29 is 28.9 Å². The van der Waals surface area contributed by atoms with Gasteiger partial charge in [0.1, 0.15) is 6.10 Å². The highest BCUT2D eigenvalue weighted by Crippen LogP contribution is 2.31. The van der Waals surface area contributed by atoms with Crippen molar-refractivity contribution in [2.75, 3.05) is 20.1 Å². The highest BCUT2D eigenvalue weighted by molar-refractivity contribution is 5.89. The molecule has 0 aliphatic carbocycles. The van der Waals surface area contributed by atoms with E-state index in [4.69, 9.17) is 14.9 Å². The maximum Gasteiger partial charge on any atom is 0.328 e. The van der Waals surface area contributed by atoms with Crippen LogP contribution in [0.5, 0.6) is 5.75 Å². The number of likely N-dealkylation sites (tertiary alicyclic amines) is 1. The van der Waals surface area contributed by atoms with E-state index in [2.05, 4.69) is 24.1 Å². The molecule has 6 nitrogen and oxygen atoms in total. The SMILES string of the molecule is CN1CC[C@H](Oc2ccccc2F)[C@H](c2ccccc2)C1.O=C(O)/C=C/C(=O)O. The lowest BCUT2D eigenvalue weighted by molar-refractivity contribution is -0.134. The second-order valence-corrected chi connectivity index (χ2v) is 6.66. The number of likely N-dealkylation sites (N-methyl/N-ethyl adjacent to an activating group) is 1. The van der Waals surface area contributed by atoms with Gasteiger partial charge >= 0.3 is 11.9 Å². The van der Waals surface area contributed by atoms with Crippen LogP contribution in [0.4, 0.5) is 4.39 Å². The van der Waals surface area contributed by atoms with E-state index in [9.17, 15) is 14.0 Å². The van der Waals surface area contributed by atoms with E-state index >= 15 is 0 Å². The molecule has 0 saturated carbocycles. The molecule has 2 aromatic rings. The quantitative estimate of drug-likeness (QED) is 0.747. The zero-order chi connectivity index (χ0) is 21.2. The Morgan fingerprint density at radius 2 is 1.62 bits per heavy atom. The maximum absolute atomic E-state index is 13.8. The van der Waals surface area contributed by atoms with Crippen molar-refractivity contribution >= 4 is 11.9 Å². The number of hydrogen-bond acceptors (Lipinski definition) is 4. The zero-order valence-corrected chi connectivity index (χ0v) is 16.1. The minimum absolute atomic E-state index is 0.0144. The van der Waals surface area contributed by atoms with Crippen LogP contribution in [0.15, 0.2) is 66.7 Å². The van der Waals surface area contributed by atoms with Gasteiger partial charge in [0.05, 0.1) is 0 Å². The van der Waals surface area contributed by atoms with Gasteiger partial charge in [0, 0.05) is 31.2 Å². The van der Waals surface area contributed by atoms with E-state index < -0.39 is 11.9 Å². The van der Waals surface area contributed by atoms with Crippen molar-refractivity contribution in [1.29, 1.82) is 0 Å². The summed E-state index contributed by atoms with van der Waals surface area (Å²) in [5, 5.41) is 15.6. The predicted molar refractivity (Wildman–Crippen MR) is 107 cm³/mol. The van der Waals surface area contributed by atoms with Gasteiger partial charge in [-0.2, -0.15) is 0 Å². The number of hydrogen-bond donors (Lipinski definition) is 2. The largest absolute Gasteiger partial charge is 0.487 e. The van der Waals surface area contributed by atoms with Gasteiger partial charge in [-0.15, -0.1) is 0 Å². The summed E-state index contributed by atoms with van der Waals surface area (Å²) >= 11 is 0. The average Bonchev–Trinajstić information content (AvgIpc) is 2.70. The molecular weight excluding hydrogens is 377 g/mol. The Bertz CT molecular complexity index is 824. The zero-order valence-electron chi connectivity index (χ0n) is 16.1. The molecule has 7 heteroatoms. The minimum Gasteiger partial charge on any atom is -0.487 e. The van der Waals surface area contributed by atoms with Crippen LogP contribution >= 0.6 is 0 Å². The highest BCUT2D eigenvalue weighted by Gasteiger charge is 2.31. The van der Waals surface area contributed by atoms with Crippen molar-refractivity contribution in [3.63, 3.8) is 0 Å². The molecular formula is C22H24FNO5.